The van der Waals surface area contributed by atoms with Crippen molar-refractivity contribution in [1.29, 1.82) is 0 Å². The lowest BCUT2D eigenvalue weighted by atomic mass is 9.96. The van der Waals surface area contributed by atoms with Gasteiger partial charge in [0.05, 0.1) is 24.8 Å². The lowest BCUT2D eigenvalue weighted by Crippen LogP contribution is -2.51. The van der Waals surface area contributed by atoms with Gasteiger partial charge in [-0.1, -0.05) is 35.9 Å². The van der Waals surface area contributed by atoms with Crippen LogP contribution in [-0.4, -0.2) is 83.6 Å². The molecule has 10 heteroatoms. The van der Waals surface area contributed by atoms with Crippen molar-refractivity contribution in [2.24, 2.45) is 0 Å². The quantitative estimate of drug-likeness (QED) is 0.257. The fraction of sp³-hybridized carbons (Fsp3) is 0.455. The van der Waals surface area contributed by atoms with Gasteiger partial charge in [-0.3, -0.25) is 4.90 Å². The van der Waals surface area contributed by atoms with Gasteiger partial charge in [-0.25, -0.2) is 4.39 Å². The first-order chi connectivity index (χ1) is 20.9. The van der Waals surface area contributed by atoms with Crippen LogP contribution in [0.5, 0.6) is 11.8 Å². The molecule has 1 aromatic heterocycles. The van der Waals surface area contributed by atoms with Crippen molar-refractivity contribution in [3.63, 3.8) is 0 Å². The van der Waals surface area contributed by atoms with Crippen molar-refractivity contribution < 1.29 is 19.0 Å². The number of nitrogens with one attached hydrogen (secondary N) is 1. The number of halogens is 2. The van der Waals surface area contributed by atoms with E-state index in [1.54, 1.807) is 18.2 Å². The van der Waals surface area contributed by atoms with Crippen LogP contribution in [0, 0.1) is 5.82 Å². The minimum Gasteiger partial charge on any atom is -0.508 e. The Labute approximate surface area is 255 Å². The van der Waals surface area contributed by atoms with E-state index in [0.717, 1.165) is 62.9 Å². The van der Waals surface area contributed by atoms with Crippen LogP contribution in [0.4, 0.5) is 10.2 Å². The maximum absolute atomic E-state index is 16.7. The molecule has 7 rings (SSSR count). The number of aromatic hydroxyl groups is 1. The maximum Gasteiger partial charge on any atom is 0.319 e. The molecule has 3 aliphatic heterocycles. The third-order valence-electron chi connectivity index (χ3n) is 9.12. The molecule has 0 radical (unpaired) electrons. The van der Waals surface area contributed by atoms with E-state index in [1.807, 2.05) is 24.3 Å². The summed E-state index contributed by atoms with van der Waals surface area (Å²) in [6.45, 7) is 8.63. The van der Waals surface area contributed by atoms with E-state index in [4.69, 9.17) is 26.1 Å². The molecule has 3 saturated heterocycles. The Hall–Kier alpha value is -3.24. The average molecular weight is 606 g/mol. The topological polar surface area (TPSA) is 83.0 Å². The largest absolute Gasteiger partial charge is 0.508 e. The van der Waals surface area contributed by atoms with Gasteiger partial charge in [0.1, 0.15) is 17.1 Å². The number of phenols is 1. The first kappa shape index (κ1) is 28.5. The first-order valence-corrected chi connectivity index (χ1v) is 15.6. The van der Waals surface area contributed by atoms with Crippen molar-refractivity contribution in [2.45, 2.75) is 57.3 Å². The van der Waals surface area contributed by atoms with Crippen LogP contribution in [0.1, 0.15) is 33.1 Å². The Bertz CT molecular complexity index is 1650. The van der Waals surface area contributed by atoms with Crippen LogP contribution in [0.15, 0.2) is 42.5 Å². The highest BCUT2D eigenvalue weighted by molar-refractivity contribution is 6.35. The normalized spacial score (nSPS) is 24.2. The Morgan fingerprint density at radius 3 is 2.56 bits per heavy atom. The summed E-state index contributed by atoms with van der Waals surface area (Å²) in [5.41, 5.74) is 0.872. The molecule has 8 nitrogen and oxygen atoms in total. The molecule has 4 heterocycles. The van der Waals surface area contributed by atoms with Crippen LogP contribution < -0.4 is 15.0 Å². The van der Waals surface area contributed by atoms with Gasteiger partial charge < -0.3 is 24.8 Å². The Morgan fingerprint density at radius 2 is 1.79 bits per heavy atom. The summed E-state index contributed by atoms with van der Waals surface area (Å²) in [6.07, 6.45) is 3.00. The van der Waals surface area contributed by atoms with Crippen LogP contribution in [0.3, 0.4) is 0 Å². The molecular weight excluding hydrogens is 569 g/mol. The number of morpholine rings is 1. The van der Waals surface area contributed by atoms with Gasteiger partial charge in [0.15, 0.2) is 5.82 Å². The molecule has 0 saturated carbocycles. The zero-order chi connectivity index (χ0) is 29.7. The highest BCUT2D eigenvalue weighted by Gasteiger charge is 2.34. The first-order valence-electron chi connectivity index (χ1n) is 15.2. The molecule has 43 heavy (non-hydrogen) atoms. The molecule has 2 N–H and O–H groups in total. The molecular formula is C33H37ClFN5O3. The van der Waals surface area contributed by atoms with E-state index in [-0.39, 0.29) is 27.9 Å². The monoisotopic (exact) mass is 605 g/mol. The molecule has 0 spiro atoms. The van der Waals surface area contributed by atoms with E-state index >= 15 is 4.39 Å². The lowest BCUT2D eigenvalue weighted by Gasteiger charge is -2.38. The number of hydrogen-bond donors (Lipinski definition) is 2. The van der Waals surface area contributed by atoms with Crippen molar-refractivity contribution in [2.75, 3.05) is 44.4 Å². The number of phenolic OH excluding ortho intramolecular Hbond substituents is 1. The van der Waals surface area contributed by atoms with E-state index in [2.05, 4.69) is 33.9 Å². The van der Waals surface area contributed by atoms with Crippen molar-refractivity contribution in [3.05, 3.63) is 53.3 Å². The number of ether oxygens (including phenoxy) is 2. The molecule has 0 amide bonds. The van der Waals surface area contributed by atoms with Crippen molar-refractivity contribution in [1.82, 2.24) is 20.2 Å². The zero-order valence-corrected chi connectivity index (χ0v) is 25.3. The molecule has 2 unspecified atom stereocenters. The number of benzene rings is 3. The van der Waals surface area contributed by atoms with Gasteiger partial charge in [-0.2, -0.15) is 9.97 Å². The second kappa shape index (κ2) is 11.7. The van der Waals surface area contributed by atoms with Gasteiger partial charge >= 0.3 is 6.01 Å². The van der Waals surface area contributed by atoms with E-state index in [9.17, 15) is 5.11 Å². The summed E-state index contributed by atoms with van der Waals surface area (Å²) in [5, 5.41) is 16.5. The van der Waals surface area contributed by atoms with Crippen LogP contribution in [0.25, 0.3) is 32.8 Å². The molecule has 0 aliphatic carbocycles. The van der Waals surface area contributed by atoms with Crippen LogP contribution >= 0.6 is 11.6 Å². The van der Waals surface area contributed by atoms with Gasteiger partial charge in [0.2, 0.25) is 0 Å². The zero-order valence-electron chi connectivity index (χ0n) is 24.5. The minimum atomic E-state index is -0.555. The average Bonchev–Trinajstić information content (AvgIpc) is 3.33. The van der Waals surface area contributed by atoms with Crippen molar-refractivity contribution >= 4 is 39.1 Å². The molecule has 4 atom stereocenters. The Morgan fingerprint density at radius 1 is 1.05 bits per heavy atom. The second-order valence-electron chi connectivity index (χ2n) is 12.2. The predicted molar refractivity (Wildman–Crippen MR) is 168 cm³/mol. The summed E-state index contributed by atoms with van der Waals surface area (Å²) in [4.78, 5) is 14.1. The summed E-state index contributed by atoms with van der Waals surface area (Å²) in [5.74, 6) is 0.125. The second-order valence-corrected chi connectivity index (χ2v) is 12.6. The number of hydrogen-bond acceptors (Lipinski definition) is 8. The summed E-state index contributed by atoms with van der Waals surface area (Å²) in [6, 6.07) is 14.1. The number of rotatable bonds is 7. The van der Waals surface area contributed by atoms with Gasteiger partial charge in [0, 0.05) is 54.8 Å². The van der Waals surface area contributed by atoms with E-state index < -0.39 is 5.82 Å². The van der Waals surface area contributed by atoms with Crippen LogP contribution in [-0.2, 0) is 4.74 Å². The smallest absolute Gasteiger partial charge is 0.319 e. The number of nitrogens with zero attached hydrogens (tertiary/aromatic N) is 4. The van der Waals surface area contributed by atoms with Gasteiger partial charge in [-0.05, 0) is 67.6 Å². The number of fused-ring (bicyclic) bond motifs is 4. The third-order valence-corrected chi connectivity index (χ3v) is 9.41. The molecule has 226 valence electrons. The molecule has 2 bridgehead atoms. The lowest BCUT2D eigenvalue weighted by molar-refractivity contribution is -0.0380. The number of anilines is 1. The number of aromatic nitrogens is 2. The maximum atomic E-state index is 16.7. The van der Waals surface area contributed by atoms with Gasteiger partial charge in [-0.15, -0.1) is 0 Å². The SMILES string of the molecule is C[C@H]1COC[C@H](C)N1CCCOc1nc(N2CC3CCC(C2)N3)c2cc(Cl)c(-c3cc(O)cc4ccccc34)c(F)c2n1. The highest BCUT2D eigenvalue weighted by Crippen LogP contribution is 2.42. The standard InChI is InChI=1S/C33H37ClFN5O3/c1-19-17-42-18-20(2)40(19)10-5-11-43-33-37-31-27(32(38-33)39-15-22-8-9-23(16-39)36-22)14-28(34)29(30(31)35)26-13-24(41)12-21-6-3-4-7-25(21)26/h3-4,6-7,12-14,19-20,22-23,36,41H,5,8-11,15-18H2,1-2H3/t19-,20-,22?,23?/m0/s1. The van der Waals surface area contributed by atoms with Crippen LogP contribution in [0.2, 0.25) is 5.02 Å². The fourth-order valence-corrected chi connectivity index (χ4v) is 7.36. The third kappa shape index (κ3) is 5.48. The highest BCUT2D eigenvalue weighted by atomic mass is 35.5. The predicted octanol–water partition coefficient (Wildman–Crippen LogP) is 5.77. The summed E-state index contributed by atoms with van der Waals surface area (Å²) < 4.78 is 28.5. The fourth-order valence-electron chi connectivity index (χ4n) is 7.07. The number of piperazine rings is 1. The van der Waals surface area contributed by atoms with E-state index in [0.29, 0.717) is 47.5 Å². The molecule has 3 aliphatic rings. The molecule has 3 fully saturated rings. The van der Waals surface area contributed by atoms with Crippen molar-refractivity contribution in [3.8, 4) is 22.9 Å². The Balaban J connectivity index is 1.27. The summed E-state index contributed by atoms with van der Waals surface area (Å²) >= 11 is 6.86. The molecule has 4 aromatic rings. The Kier molecular flexibility index (Phi) is 7.75. The van der Waals surface area contributed by atoms with E-state index in [1.165, 1.54) is 0 Å². The summed E-state index contributed by atoms with van der Waals surface area (Å²) in [7, 11) is 0. The minimum absolute atomic E-state index is 0.0388. The van der Waals surface area contributed by atoms with Gasteiger partial charge in [0.25, 0.3) is 0 Å². The molecule has 3 aromatic carbocycles.